The third kappa shape index (κ3) is 2.63. The Hall–Kier alpha value is -2.79. The minimum atomic E-state index is -0.806. The van der Waals surface area contributed by atoms with Gasteiger partial charge in [-0.2, -0.15) is 0 Å². The fraction of sp³-hybridized carbons (Fsp3) is 0.211. The fourth-order valence-electron chi connectivity index (χ4n) is 3.27. The molecule has 1 aromatic heterocycles. The molecule has 0 amide bonds. The number of benzene rings is 2. The average molecular weight is 322 g/mol. The van der Waals surface area contributed by atoms with Crippen molar-refractivity contribution in [3.8, 4) is 5.75 Å². The van der Waals surface area contributed by atoms with E-state index in [2.05, 4.69) is 10.3 Å². The second-order valence-corrected chi connectivity index (χ2v) is 6.02. The Labute approximate surface area is 139 Å². The molecule has 0 fully saturated rings. The molecule has 0 radical (unpaired) electrons. The predicted octanol–water partition coefficient (Wildman–Crippen LogP) is 3.02. The number of aromatic nitrogens is 1. The lowest BCUT2D eigenvalue weighted by atomic mass is 9.93. The number of aliphatic carboxylic acids is 1. The molecule has 1 aliphatic rings. The Kier molecular flexibility index (Phi) is 3.70. The summed E-state index contributed by atoms with van der Waals surface area (Å²) in [6.07, 6.45) is 0. The Morgan fingerprint density at radius 2 is 2.04 bits per heavy atom. The van der Waals surface area contributed by atoms with E-state index in [1.807, 2.05) is 48.5 Å². The molecule has 24 heavy (non-hydrogen) atoms. The summed E-state index contributed by atoms with van der Waals surface area (Å²) in [7, 11) is 0. The van der Waals surface area contributed by atoms with E-state index < -0.39 is 11.9 Å². The van der Waals surface area contributed by atoms with Gasteiger partial charge in [0, 0.05) is 29.7 Å². The predicted molar refractivity (Wildman–Crippen MR) is 91.2 cm³/mol. The summed E-state index contributed by atoms with van der Waals surface area (Å²) in [4.78, 5) is 14.9. The molecule has 0 spiro atoms. The molecule has 5 nitrogen and oxygen atoms in total. The van der Waals surface area contributed by atoms with Crippen molar-refractivity contribution in [1.29, 1.82) is 0 Å². The molecule has 2 aromatic carbocycles. The highest BCUT2D eigenvalue weighted by atomic mass is 16.5. The minimum absolute atomic E-state index is 0.449. The van der Waals surface area contributed by atoms with Crippen LogP contribution in [0.3, 0.4) is 0 Å². The van der Waals surface area contributed by atoms with Crippen molar-refractivity contribution in [2.24, 2.45) is 0 Å². The Morgan fingerprint density at radius 3 is 2.83 bits per heavy atom. The number of ether oxygens (including phenoxy) is 1. The van der Waals surface area contributed by atoms with E-state index in [4.69, 9.17) is 4.74 Å². The molecule has 1 aliphatic heterocycles. The highest BCUT2D eigenvalue weighted by Gasteiger charge is 2.29. The molecular formula is C19H18N2O3. The highest BCUT2D eigenvalue weighted by molar-refractivity contribution is 5.92. The SMILES string of the molecule is O=C(O)C1CNCc2[nH]c3ccc(OCc4ccccc4)cc3c21. The number of aromatic amines is 1. The number of fused-ring (bicyclic) bond motifs is 3. The van der Waals surface area contributed by atoms with Gasteiger partial charge in [0.2, 0.25) is 0 Å². The van der Waals surface area contributed by atoms with E-state index in [1.54, 1.807) is 0 Å². The molecule has 122 valence electrons. The first-order chi connectivity index (χ1) is 11.7. The van der Waals surface area contributed by atoms with Gasteiger partial charge in [0.1, 0.15) is 12.4 Å². The molecule has 5 heteroatoms. The number of hydrogen-bond donors (Lipinski definition) is 3. The zero-order valence-electron chi connectivity index (χ0n) is 13.1. The van der Waals surface area contributed by atoms with Crippen LogP contribution in [0.5, 0.6) is 5.75 Å². The summed E-state index contributed by atoms with van der Waals surface area (Å²) >= 11 is 0. The Bertz CT molecular complexity index is 886. The Morgan fingerprint density at radius 1 is 1.21 bits per heavy atom. The molecule has 0 aliphatic carbocycles. The van der Waals surface area contributed by atoms with Crippen molar-refractivity contribution >= 4 is 16.9 Å². The van der Waals surface area contributed by atoms with Gasteiger partial charge in [0.15, 0.2) is 0 Å². The summed E-state index contributed by atoms with van der Waals surface area (Å²) in [6.45, 7) is 1.60. The molecule has 0 bridgehead atoms. The third-order valence-electron chi connectivity index (χ3n) is 4.44. The van der Waals surface area contributed by atoms with Gasteiger partial charge in [-0.1, -0.05) is 30.3 Å². The van der Waals surface area contributed by atoms with Crippen LogP contribution in [0.4, 0.5) is 0 Å². The molecule has 1 atom stereocenters. The van der Waals surface area contributed by atoms with Crippen molar-refractivity contribution in [3.05, 3.63) is 65.4 Å². The minimum Gasteiger partial charge on any atom is -0.489 e. The van der Waals surface area contributed by atoms with Crippen LogP contribution in [0, 0.1) is 0 Å². The lowest BCUT2D eigenvalue weighted by Gasteiger charge is -2.20. The van der Waals surface area contributed by atoms with Crippen molar-refractivity contribution in [1.82, 2.24) is 10.3 Å². The van der Waals surface area contributed by atoms with Crippen molar-refractivity contribution in [2.75, 3.05) is 6.54 Å². The number of carbonyl (C=O) groups is 1. The largest absolute Gasteiger partial charge is 0.489 e. The summed E-state index contributed by atoms with van der Waals surface area (Å²) in [5, 5.41) is 13.6. The summed E-state index contributed by atoms with van der Waals surface area (Å²) in [6, 6.07) is 15.8. The average Bonchev–Trinajstić information content (AvgIpc) is 2.98. The maximum atomic E-state index is 11.6. The first-order valence-electron chi connectivity index (χ1n) is 7.97. The van der Waals surface area contributed by atoms with Crippen molar-refractivity contribution in [2.45, 2.75) is 19.1 Å². The molecule has 0 saturated heterocycles. The van der Waals surface area contributed by atoms with Gasteiger partial charge in [-0.25, -0.2) is 0 Å². The van der Waals surface area contributed by atoms with Crippen LogP contribution >= 0.6 is 0 Å². The lowest BCUT2D eigenvalue weighted by Crippen LogP contribution is -2.32. The van der Waals surface area contributed by atoms with E-state index in [9.17, 15) is 9.90 Å². The molecule has 3 aromatic rings. The molecule has 3 N–H and O–H groups in total. The maximum Gasteiger partial charge on any atom is 0.312 e. The number of carboxylic acids is 1. The fourth-order valence-corrected chi connectivity index (χ4v) is 3.27. The van der Waals surface area contributed by atoms with Crippen molar-refractivity contribution < 1.29 is 14.6 Å². The zero-order chi connectivity index (χ0) is 16.5. The van der Waals surface area contributed by atoms with Crippen LogP contribution in [-0.4, -0.2) is 22.6 Å². The second kappa shape index (κ2) is 6.02. The maximum absolute atomic E-state index is 11.6. The normalized spacial score (nSPS) is 16.8. The summed E-state index contributed by atoms with van der Waals surface area (Å²) < 4.78 is 5.88. The summed E-state index contributed by atoms with van der Waals surface area (Å²) in [5.74, 6) is -0.595. The van der Waals surface area contributed by atoms with E-state index >= 15 is 0 Å². The molecule has 4 rings (SSSR count). The highest BCUT2D eigenvalue weighted by Crippen LogP contribution is 2.34. The monoisotopic (exact) mass is 322 g/mol. The topological polar surface area (TPSA) is 74.4 Å². The van der Waals surface area contributed by atoms with E-state index in [-0.39, 0.29) is 0 Å². The number of carboxylic acid groups (broad SMARTS) is 1. The summed E-state index contributed by atoms with van der Waals surface area (Å²) in [5.41, 5.74) is 3.87. The molecular weight excluding hydrogens is 304 g/mol. The van der Waals surface area contributed by atoms with E-state index in [0.717, 1.165) is 33.5 Å². The first-order valence-corrected chi connectivity index (χ1v) is 7.97. The van der Waals surface area contributed by atoms with Gasteiger partial charge in [-0.15, -0.1) is 0 Å². The van der Waals surface area contributed by atoms with E-state index in [1.165, 1.54) is 0 Å². The van der Waals surface area contributed by atoms with Gasteiger partial charge in [-0.3, -0.25) is 4.79 Å². The Balaban J connectivity index is 1.67. The quantitative estimate of drug-likeness (QED) is 0.690. The first kappa shape index (κ1) is 14.8. The van der Waals surface area contributed by atoms with Gasteiger partial charge < -0.3 is 20.1 Å². The van der Waals surface area contributed by atoms with Crippen LogP contribution < -0.4 is 10.1 Å². The van der Waals surface area contributed by atoms with Gasteiger partial charge >= 0.3 is 5.97 Å². The number of nitrogens with one attached hydrogen (secondary N) is 2. The van der Waals surface area contributed by atoms with Crippen LogP contribution in [0.2, 0.25) is 0 Å². The number of hydrogen-bond acceptors (Lipinski definition) is 3. The van der Waals surface area contributed by atoms with Gasteiger partial charge in [0.25, 0.3) is 0 Å². The standard InChI is InChI=1S/C19H18N2O3/c22-19(23)15-9-20-10-17-18(15)14-8-13(6-7-16(14)21-17)24-11-12-4-2-1-3-5-12/h1-8,15,20-21H,9-11H2,(H,22,23). The van der Waals surface area contributed by atoms with Gasteiger partial charge in [0.05, 0.1) is 5.92 Å². The third-order valence-corrected chi connectivity index (χ3v) is 4.44. The zero-order valence-corrected chi connectivity index (χ0v) is 13.1. The van der Waals surface area contributed by atoms with Crippen LogP contribution in [-0.2, 0) is 17.9 Å². The van der Waals surface area contributed by atoms with Crippen LogP contribution in [0.15, 0.2) is 48.5 Å². The molecule has 0 saturated carbocycles. The van der Waals surface area contributed by atoms with Crippen molar-refractivity contribution in [3.63, 3.8) is 0 Å². The molecule has 1 unspecified atom stereocenters. The second-order valence-electron chi connectivity index (χ2n) is 6.02. The van der Waals surface area contributed by atoms with Gasteiger partial charge in [-0.05, 0) is 29.3 Å². The smallest absolute Gasteiger partial charge is 0.312 e. The van der Waals surface area contributed by atoms with Crippen LogP contribution in [0.25, 0.3) is 10.9 Å². The van der Waals surface area contributed by atoms with Crippen LogP contribution in [0.1, 0.15) is 22.7 Å². The number of H-pyrrole nitrogens is 1. The van der Waals surface area contributed by atoms with E-state index in [0.29, 0.717) is 19.7 Å². The lowest BCUT2D eigenvalue weighted by molar-refractivity contribution is -0.138. The number of rotatable bonds is 4. The molecule has 2 heterocycles.